The van der Waals surface area contributed by atoms with Gasteiger partial charge in [-0.25, -0.2) is 0 Å². The van der Waals surface area contributed by atoms with Crippen molar-refractivity contribution in [2.75, 3.05) is 20.3 Å². The van der Waals surface area contributed by atoms with Gasteiger partial charge in [0.2, 0.25) is 5.91 Å². The second kappa shape index (κ2) is 13.7. The van der Waals surface area contributed by atoms with Crippen LogP contribution >= 0.6 is 0 Å². The fourth-order valence-electron chi connectivity index (χ4n) is 4.18. The lowest BCUT2D eigenvalue weighted by Gasteiger charge is -2.31. The fourth-order valence-corrected chi connectivity index (χ4v) is 4.18. The van der Waals surface area contributed by atoms with Crippen molar-refractivity contribution in [3.8, 4) is 11.5 Å². The van der Waals surface area contributed by atoms with Gasteiger partial charge in [0, 0.05) is 13.1 Å². The molecule has 0 unspecified atom stereocenters. The third-order valence-electron chi connectivity index (χ3n) is 6.17. The van der Waals surface area contributed by atoms with Crippen LogP contribution in [0.5, 0.6) is 11.5 Å². The van der Waals surface area contributed by atoms with Gasteiger partial charge in [-0.3, -0.25) is 9.59 Å². The highest BCUT2D eigenvalue weighted by atomic mass is 16.5. The Hall–Kier alpha value is -4.58. The Labute approximate surface area is 223 Å². The zero-order valence-electron chi connectivity index (χ0n) is 21.5. The SMILES string of the molecule is COc1ccc(CCNC(=O)[C@@H](c2ccccc2)N(Cc2ccccc2)C(=O)COc2ccccc2)cc1. The predicted octanol–water partition coefficient (Wildman–Crippen LogP) is 5.20. The summed E-state index contributed by atoms with van der Waals surface area (Å²) in [5, 5.41) is 3.05. The van der Waals surface area contributed by atoms with Crippen LogP contribution in [-0.2, 0) is 22.6 Å². The van der Waals surface area contributed by atoms with Crippen LogP contribution in [0.25, 0.3) is 0 Å². The van der Waals surface area contributed by atoms with Crippen LogP contribution in [0, 0.1) is 0 Å². The standard InChI is InChI=1S/C32H32N2O4/c1-37-28-19-17-25(18-20-28)21-22-33-32(36)31(27-13-7-3-8-14-27)34(23-26-11-5-2-6-12-26)30(35)24-38-29-15-9-4-10-16-29/h2-20,31H,21-24H2,1H3,(H,33,36)/t31-/m1/s1. The van der Waals surface area contributed by atoms with Crippen LogP contribution in [0.2, 0.25) is 0 Å². The summed E-state index contributed by atoms with van der Waals surface area (Å²) in [5.74, 6) is 0.862. The molecule has 38 heavy (non-hydrogen) atoms. The first-order valence-corrected chi connectivity index (χ1v) is 12.6. The maximum atomic E-state index is 13.7. The molecule has 0 spiro atoms. The molecule has 194 valence electrons. The molecule has 0 heterocycles. The summed E-state index contributed by atoms with van der Waals surface area (Å²) in [6.45, 7) is 0.519. The maximum Gasteiger partial charge on any atom is 0.261 e. The number of benzene rings is 4. The number of carbonyl (C=O) groups is 2. The summed E-state index contributed by atoms with van der Waals surface area (Å²) in [6.07, 6.45) is 0.654. The van der Waals surface area contributed by atoms with E-state index in [-0.39, 0.29) is 25.0 Å². The Kier molecular flexibility index (Phi) is 9.51. The quantitative estimate of drug-likeness (QED) is 0.286. The fraction of sp³-hybridized carbons (Fsp3) is 0.188. The molecular weight excluding hydrogens is 476 g/mol. The van der Waals surface area contributed by atoms with E-state index in [1.54, 1.807) is 24.1 Å². The number of amides is 2. The number of hydrogen-bond donors (Lipinski definition) is 1. The number of carbonyl (C=O) groups excluding carboxylic acids is 2. The second-order valence-corrected chi connectivity index (χ2v) is 8.81. The number of hydrogen-bond acceptors (Lipinski definition) is 4. The van der Waals surface area contributed by atoms with Crippen molar-refractivity contribution >= 4 is 11.8 Å². The molecule has 0 aliphatic carbocycles. The first-order valence-electron chi connectivity index (χ1n) is 12.6. The highest BCUT2D eigenvalue weighted by Crippen LogP contribution is 2.24. The van der Waals surface area contributed by atoms with Gasteiger partial charge in [-0.2, -0.15) is 0 Å². The number of ether oxygens (including phenoxy) is 2. The zero-order chi connectivity index (χ0) is 26.6. The van der Waals surface area contributed by atoms with Crippen LogP contribution in [0.4, 0.5) is 0 Å². The molecule has 6 nitrogen and oxygen atoms in total. The summed E-state index contributed by atoms with van der Waals surface area (Å²) in [7, 11) is 1.63. The lowest BCUT2D eigenvalue weighted by molar-refractivity contribution is -0.143. The molecule has 0 aromatic heterocycles. The van der Waals surface area contributed by atoms with E-state index < -0.39 is 6.04 Å². The summed E-state index contributed by atoms with van der Waals surface area (Å²) < 4.78 is 11.0. The molecule has 0 aliphatic rings. The molecule has 6 heteroatoms. The van der Waals surface area contributed by atoms with Crippen molar-refractivity contribution in [1.29, 1.82) is 0 Å². The third-order valence-corrected chi connectivity index (χ3v) is 6.17. The van der Waals surface area contributed by atoms with Gasteiger partial charge in [0.15, 0.2) is 6.61 Å². The van der Waals surface area contributed by atoms with Gasteiger partial charge in [0.05, 0.1) is 7.11 Å². The lowest BCUT2D eigenvalue weighted by atomic mass is 10.0. The number of para-hydroxylation sites is 1. The van der Waals surface area contributed by atoms with Crippen LogP contribution in [0.1, 0.15) is 22.7 Å². The Morgan fingerprint density at radius 3 is 1.97 bits per heavy atom. The van der Waals surface area contributed by atoms with Gasteiger partial charge in [-0.15, -0.1) is 0 Å². The molecular formula is C32H32N2O4. The van der Waals surface area contributed by atoms with Gasteiger partial charge in [0.1, 0.15) is 17.5 Å². The molecule has 4 aromatic carbocycles. The molecule has 2 amide bonds. The Balaban J connectivity index is 1.54. The van der Waals surface area contributed by atoms with E-state index in [4.69, 9.17) is 9.47 Å². The second-order valence-electron chi connectivity index (χ2n) is 8.81. The van der Waals surface area contributed by atoms with Crippen molar-refractivity contribution < 1.29 is 19.1 Å². The van der Waals surface area contributed by atoms with Gasteiger partial charge in [0.25, 0.3) is 5.91 Å². The molecule has 0 bridgehead atoms. The van der Waals surface area contributed by atoms with Gasteiger partial charge < -0.3 is 19.7 Å². The Bertz CT molecular complexity index is 1280. The smallest absolute Gasteiger partial charge is 0.261 e. The van der Waals surface area contributed by atoms with E-state index in [2.05, 4.69) is 5.32 Å². The first-order chi connectivity index (χ1) is 18.6. The normalized spacial score (nSPS) is 11.3. The summed E-state index contributed by atoms with van der Waals surface area (Å²) >= 11 is 0. The van der Waals surface area contributed by atoms with Crippen LogP contribution in [0.15, 0.2) is 115 Å². The third kappa shape index (κ3) is 7.46. The van der Waals surface area contributed by atoms with Crippen LogP contribution < -0.4 is 14.8 Å². The van der Waals surface area contributed by atoms with Gasteiger partial charge in [-0.1, -0.05) is 91.0 Å². The Morgan fingerprint density at radius 1 is 0.737 bits per heavy atom. The number of nitrogens with one attached hydrogen (secondary N) is 1. The highest BCUT2D eigenvalue weighted by molar-refractivity contribution is 5.89. The van der Waals surface area contributed by atoms with Crippen molar-refractivity contribution in [1.82, 2.24) is 10.2 Å². The van der Waals surface area contributed by atoms with E-state index >= 15 is 0 Å². The van der Waals surface area contributed by atoms with E-state index in [9.17, 15) is 9.59 Å². The minimum Gasteiger partial charge on any atom is -0.497 e. The predicted molar refractivity (Wildman–Crippen MR) is 148 cm³/mol. The highest BCUT2D eigenvalue weighted by Gasteiger charge is 2.31. The lowest BCUT2D eigenvalue weighted by Crippen LogP contribution is -2.45. The minimum absolute atomic E-state index is 0.181. The van der Waals surface area contributed by atoms with Gasteiger partial charge in [-0.05, 0) is 47.4 Å². The van der Waals surface area contributed by atoms with Gasteiger partial charge >= 0.3 is 0 Å². The molecule has 0 radical (unpaired) electrons. The molecule has 0 saturated carbocycles. The molecule has 1 atom stereocenters. The largest absolute Gasteiger partial charge is 0.497 e. The maximum absolute atomic E-state index is 13.7. The molecule has 1 N–H and O–H groups in total. The molecule has 4 aromatic rings. The summed E-state index contributed by atoms with van der Waals surface area (Å²) in [5.41, 5.74) is 2.74. The number of methoxy groups -OCH3 is 1. The van der Waals surface area contributed by atoms with Crippen LogP contribution in [-0.4, -0.2) is 37.0 Å². The average molecular weight is 509 g/mol. The molecule has 4 rings (SSSR count). The van der Waals surface area contributed by atoms with E-state index in [0.717, 1.165) is 22.4 Å². The summed E-state index contributed by atoms with van der Waals surface area (Å²) in [6, 6.07) is 35.2. The summed E-state index contributed by atoms with van der Waals surface area (Å²) in [4.78, 5) is 28.9. The molecule has 0 aliphatic heterocycles. The molecule has 0 fully saturated rings. The van der Waals surface area contributed by atoms with Crippen molar-refractivity contribution in [2.45, 2.75) is 19.0 Å². The topological polar surface area (TPSA) is 67.9 Å². The number of nitrogens with zero attached hydrogens (tertiary/aromatic N) is 1. The zero-order valence-corrected chi connectivity index (χ0v) is 21.5. The number of rotatable bonds is 12. The molecule has 0 saturated heterocycles. The van der Waals surface area contributed by atoms with E-state index in [0.29, 0.717) is 18.7 Å². The van der Waals surface area contributed by atoms with Crippen molar-refractivity contribution in [2.24, 2.45) is 0 Å². The first kappa shape index (κ1) is 26.5. The van der Waals surface area contributed by atoms with Crippen molar-refractivity contribution in [3.05, 3.63) is 132 Å². The van der Waals surface area contributed by atoms with Crippen LogP contribution in [0.3, 0.4) is 0 Å². The van der Waals surface area contributed by atoms with Crippen molar-refractivity contribution in [3.63, 3.8) is 0 Å². The van der Waals surface area contributed by atoms with E-state index in [1.807, 2.05) is 103 Å². The monoisotopic (exact) mass is 508 g/mol. The minimum atomic E-state index is -0.820. The Morgan fingerprint density at radius 2 is 1.34 bits per heavy atom. The average Bonchev–Trinajstić information content (AvgIpc) is 2.97. The van der Waals surface area contributed by atoms with E-state index in [1.165, 1.54) is 0 Å².